The Hall–Kier alpha value is -7.65. The van der Waals surface area contributed by atoms with Gasteiger partial charge >= 0.3 is 37.5 Å². The molecular weight excluding hydrogens is 1340 g/mol. The summed E-state index contributed by atoms with van der Waals surface area (Å²) in [7, 11) is 1.43. The van der Waals surface area contributed by atoms with E-state index in [1.807, 2.05) is 0 Å². The van der Waals surface area contributed by atoms with Crippen molar-refractivity contribution in [2.45, 2.75) is 121 Å². The van der Waals surface area contributed by atoms with E-state index in [0.717, 1.165) is 10.9 Å². The van der Waals surface area contributed by atoms with Crippen LogP contribution in [0.15, 0.2) is 48.0 Å². The third-order valence-corrected chi connectivity index (χ3v) is 18.8. The molecule has 4 bridgehead atoms. The molecule has 6 amide bonds. The molecule has 41 heteroatoms. The largest absolute Gasteiger partial charge is 0.481 e. The van der Waals surface area contributed by atoms with Crippen molar-refractivity contribution in [1.29, 1.82) is 0 Å². The molecule has 0 saturated carbocycles. The lowest BCUT2D eigenvalue weighted by Gasteiger charge is -2.33. The lowest BCUT2D eigenvalue weighted by atomic mass is 9.89. The van der Waals surface area contributed by atoms with Gasteiger partial charge in [0.1, 0.15) is 55.1 Å². The summed E-state index contributed by atoms with van der Waals surface area (Å²) in [5.41, 5.74) is 9.63. The van der Waals surface area contributed by atoms with E-state index in [1.165, 1.54) is 36.1 Å². The van der Waals surface area contributed by atoms with Gasteiger partial charge in [-0.2, -0.15) is 4.98 Å². The zero-order valence-electron chi connectivity index (χ0n) is 51.3. The standard InChI is InChI=1S/C54H70FN15O21P2S2/c1-26(2)38(65-34(72)11-13-58-35(73)16-27(3)50(77)78)32(71)17-29(6-5-12-59-52(57)79)46(75)64-30-9-7-28(8-10-30)19-84-53(80)68(4)14-15-83-36(74)18-31-39-44(61-23-60-31)69(24-62-39)49-42-43-54(89-49,21-85-42)22-87-93(82,95)90-41-37(55)33(20-86-92(81,94)91-43)88-48(41)70-25-63-40-45(70)66-51(56)67-47(40)76/h7-10,23-27,29,33,37-38,41-43,48-49H,5-6,11-22H2,1-4H3,(H,58,73)(H,64,75)(H,65,72)(H,77,78)(H,81,94)(H,82,95)(H3,57,59,79)(H3,56,66,67,76)/t27?,29-,33-,37-,38+,41-,42-,43+,48-,49-,54-,92?,93?/m1/s1. The molecule has 4 aliphatic rings. The number of benzene rings is 1. The van der Waals surface area contributed by atoms with Gasteiger partial charge in [-0.3, -0.25) is 56.7 Å². The number of esters is 1. The molecule has 9 rings (SSSR count). The van der Waals surface area contributed by atoms with Crippen LogP contribution in [0.3, 0.4) is 0 Å². The minimum absolute atomic E-state index is 0.0862. The number of hydrogen-bond donors (Lipinski definition) is 10. The first-order valence-corrected chi connectivity index (χ1v) is 34.8. The number of carbonyl (C=O) groups is 8. The highest BCUT2D eigenvalue weighted by atomic mass is 32.5. The van der Waals surface area contributed by atoms with Crippen LogP contribution < -0.4 is 38.3 Å². The summed E-state index contributed by atoms with van der Waals surface area (Å²) >= 11 is 10.8. The number of aromatic amines is 1. The minimum atomic E-state index is -4.47. The molecule has 12 N–H and O–H groups in total. The fourth-order valence-electron chi connectivity index (χ4n) is 10.7. The van der Waals surface area contributed by atoms with Crippen LogP contribution >= 0.6 is 13.4 Å². The number of primary amides is 1. The number of H-pyrrole nitrogens is 1. The zero-order chi connectivity index (χ0) is 68.7. The number of hydrogen-bond acceptors (Lipinski definition) is 26. The lowest BCUT2D eigenvalue weighted by molar-refractivity contribution is -0.183. The molecule has 4 aliphatic heterocycles. The van der Waals surface area contributed by atoms with Crippen LogP contribution in [-0.4, -0.2) is 202 Å². The number of nitrogens with one attached hydrogen (secondary N) is 5. The molecule has 4 fully saturated rings. The van der Waals surface area contributed by atoms with Crippen LogP contribution in [0.25, 0.3) is 22.3 Å². The number of likely N-dealkylation sites (N-methyl/N-ethyl adjacent to an activating group) is 1. The number of carbonyl (C=O) groups excluding carboxylic acids is 7. The topological polar surface area (TPSA) is 491 Å². The van der Waals surface area contributed by atoms with Gasteiger partial charge in [0.25, 0.3) is 5.56 Å². The summed E-state index contributed by atoms with van der Waals surface area (Å²) in [5, 5.41) is 19.4. The van der Waals surface area contributed by atoms with Crippen molar-refractivity contribution in [3.63, 3.8) is 0 Å². The molecule has 3 unspecified atom stereocenters. The second-order valence-electron chi connectivity index (χ2n) is 23.1. The molecule has 95 heavy (non-hydrogen) atoms. The maximum absolute atomic E-state index is 16.3. The number of aliphatic carboxylic acids is 1. The van der Waals surface area contributed by atoms with Gasteiger partial charge in [-0.1, -0.05) is 32.9 Å². The number of nitrogens with two attached hydrogens (primary N) is 2. The number of nitrogen functional groups attached to an aromatic ring is 1. The molecule has 36 nitrogen and oxygen atoms in total. The quantitative estimate of drug-likeness (QED) is 0.0208. The molecule has 8 heterocycles. The third-order valence-electron chi connectivity index (χ3n) is 15.7. The average molecular weight is 1410 g/mol. The normalized spacial score (nSPS) is 25.8. The molecule has 516 valence electrons. The highest BCUT2D eigenvalue weighted by Crippen LogP contribution is 2.58. The van der Waals surface area contributed by atoms with Gasteiger partial charge in [0.2, 0.25) is 23.7 Å². The van der Waals surface area contributed by atoms with Gasteiger partial charge < -0.3 is 85.3 Å². The number of imidazole rings is 2. The average Bonchev–Trinajstić information content (AvgIpc) is 1.57. The molecule has 5 aromatic rings. The summed E-state index contributed by atoms with van der Waals surface area (Å²) in [6.45, 7) is -6.11. The smallest absolute Gasteiger partial charge is 0.409 e. The Morgan fingerprint density at radius 2 is 1.61 bits per heavy atom. The summed E-state index contributed by atoms with van der Waals surface area (Å²) < 4.78 is 71.8. The molecule has 0 aliphatic carbocycles. The number of aromatic nitrogens is 8. The van der Waals surface area contributed by atoms with Crippen molar-refractivity contribution >= 4 is 119 Å². The first kappa shape index (κ1) is 71.6. The van der Waals surface area contributed by atoms with E-state index >= 15 is 4.39 Å². The van der Waals surface area contributed by atoms with Gasteiger partial charge in [0.15, 0.2) is 41.2 Å². The molecular formula is C54H70FN15O21P2S2. The summed E-state index contributed by atoms with van der Waals surface area (Å²) in [4.78, 5) is 161. The molecule has 4 aromatic heterocycles. The SMILES string of the molecule is CC(CC(=O)NCCC(=O)N[C@H](C(=O)C[C@@H](CCCNC(N)=O)C(=O)Nc1ccc(COC(=O)N(C)CCOC(=O)Cc2ncnc3c2ncn3[C@@H]2O[C@@]34CO[C@@H]2[C@@H]3OP(O)(=S)OC[C@H]2O[C@@H](n3cnc5c(=O)[nH]c(N)nc53)[C@H](OP(O)(=S)OC4)[C@@H]2F)cc1)C(C)C)C(=O)O. The number of alkyl halides is 1. The number of rotatable bonds is 26. The van der Waals surface area contributed by atoms with Crippen molar-refractivity contribution in [3.8, 4) is 0 Å². The second-order valence-corrected chi connectivity index (χ2v) is 28.7. The summed E-state index contributed by atoms with van der Waals surface area (Å²) in [5.74, 6) is -6.44. The fourth-order valence-corrected chi connectivity index (χ4v) is 13.6. The van der Waals surface area contributed by atoms with Crippen molar-refractivity contribution in [1.82, 2.24) is 59.9 Å². The van der Waals surface area contributed by atoms with Crippen LogP contribution in [0.4, 0.5) is 25.6 Å². The number of ether oxygens (including phenoxy) is 5. The number of anilines is 2. The molecule has 4 saturated heterocycles. The van der Waals surface area contributed by atoms with Crippen molar-refractivity contribution in [2.24, 2.45) is 23.5 Å². The Morgan fingerprint density at radius 1 is 0.895 bits per heavy atom. The number of halogens is 1. The molecule has 0 spiro atoms. The third kappa shape index (κ3) is 17.7. The van der Waals surface area contributed by atoms with Crippen LogP contribution in [-0.2, 0) is 107 Å². The Morgan fingerprint density at radius 3 is 2.33 bits per heavy atom. The Kier molecular flexibility index (Phi) is 23.1. The van der Waals surface area contributed by atoms with Crippen molar-refractivity contribution in [3.05, 3.63) is 64.9 Å². The number of carboxylic acid groups (broad SMARTS) is 1. The second kappa shape index (κ2) is 30.6. The first-order valence-electron chi connectivity index (χ1n) is 29.6. The van der Waals surface area contributed by atoms with E-state index in [0.29, 0.717) is 11.3 Å². The zero-order valence-corrected chi connectivity index (χ0v) is 54.7. The van der Waals surface area contributed by atoms with Crippen LogP contribution in [0.2, 0.25) is 0 Å². The summed E-state index contributed by atoms with van der Waals surface area (Å²) in [6.07, 6.45) is -8.25. The van der Waals surface area contributed by atoms with E-state index in [1.54, 1.807) is 38.1 Å². The van der Waals surface area contributed by atoms with E-state index in [2.05, 4.69) is 51.2 Å². The van der Waals surface area contributed by atoms with Gasteiger partial charge in [-0.25, -0.2) is 33.9 Å². The molecule has 13 atom stereocenters. The highest BCUT2D eigenvalue weighted by molar-refractivity contribution is 8.07. The Balaban J connectivity index is 0.751. The van der Waals surface area contributed by atoms with Crippen LogP contribution in [0, 0.1) is 17.8 Å². The van der Waals surface area contributed by atoms with Crippen LogP contribution in [0.1, 0.15) is 76.6 Å². The summed E-state index contributed by atoms with van der Waals surface area (Å²) in [6, 6.07) is 4.56. The number of Topliss-reactive ketones (excluding diaryl/α,β-unsaturated/α-hetero) is 1. The van der Waals surface area contributed by atoms with Crippen LogP contribution in [0.5, 0.6) is 0 Å². The number of ketones is 1. The predicted octanol–water partition coefficient (Wildman–Crippen LogP) is 0.769. The van der Waals surface area contributed by atoms with Crippen molar-refractivity contribution < 1.29 is 99.4 Å². The fraction of sp³-hybridized carbons (Fsp3) is 0.556. The number of amides is 6. The number of fused-ring (bicyclic) bond motifs is 4. The first-order chi connectivity index (χ1) is 45.0. The van der Waals surface area contributed by atoms with E-state index in [9.17, 15) is 52.9 Å². The Bertz CT molecular complexity index is 3870. The number of nitrogens with zero attached hydrogens (tertiary/aromatic N) is 8. The van der Waals surface area contributed by atoms with Gasteiger partial charge in [0.05, 0.1) is 63.1 Å². The molecule has 1 aromatic carbocycles. The maximum Gasteiger partial charge on any atom is 0.409 e. The Labute approximate surface area is 548 Å². The predicted molar refractivity (Wildman–Crippen MR) is 332 cm³/mol. The van der Waals surface area contributed by atoms with E-state index < -0.39 is 153 Å². The van der Waals surface area contributed by atoms with Gasteiger partial charge in [-0.15, -0.1) is 0 Å². The monoisotopic (exact) mass is 1410 g/mol. The van der Waals surface area contributed by atoms with Gasteiger partial charge in [-0.05, 0) is 60.1 Å². The van der Waals surface area contributed by atoms with E-state index in [4.69, 9.17) is 82.0 Å². The van der Waals surface area contributed by atoms with Gasteiger partial charge in [0, 0.05) is 51.0 Å². The minimum Gasteiger partial charge on any atom is -0.481 e. The van der Waals surface area contributed by atoms with Crippen molar-refractivity contribution in [2.75, 3.05) is 64.2 Å². The number of carboxylic acids is 1. The maximum atomic E-state index is 16.3. The van der Waals surface area contributed by atoms with E-state index in [-0.39, 0.29) is 111 Å². The lowest BCUT2D eigenvalue weighted by Crippen LogP contribution is -2.46. The molecule has 0 radical (unpaired) electrons. The number of urea groups is 1. The highest BCUT2D eigenvalue weighted by Gasteiger charge is 2.65.